The molecule has 6 heteroatoms. The van der Waals surface area contributed by atoms with E-state index in [9.17, 15) is 9.59 Å². The Morgan fingerprint density at radius 1 is 1.00 bits per heavy atom. The van der Waals surface area contributed by atoms with E-state index in [1.807, 2.05) is 18.2 Å². The fraction of sp³-hybridized carbons (Fsp3) is 0.333. The van der Waals surface area contributed by atoms with Crippen LogP contribution in [0.25, 0.3) is 10.8 Å². The number of benzene rings is 2. The number of hydrogen-bond donors (Lipinski definition) is 1. The van der Waals surface area contributed by atoms with E-state index in [1.54, 1.807) is 12.1 Å². The summed E-state index contributed by atoms with van der Waals surface area (Å²) in [6, 6.07) is 9.27. The highest BCUT2D eigenvalue weighted by Crippen LogP contribution is 2.36. The van der Waals surface area contributed by atoms with Gasteiger partial charge >= 0.3 is 0 Å². The van der Waals surface area contributed by atoms with Gasteiger partial charge in [0.1, 0.15) is 0 Å². The number of anilines is 1. The lowest BCUT2D eigenvalue weighted by atomic mass is 9.92. The van der Waals surface area contributed by atoms with Crippen molar-refractivity contribution in [2.24, 2.45) is 0 Å². The summed E-state index contributed by atoms with van der Waals surface area (Å²) in [5, 5.41) is 10.8. The molecule has 0 radical (unpaired) electrons. The standard InChI is InChI=1S/C18H18N2O4/c21-9-6-20-17(22)13-3-1-2-12-15(19-7-10-24-11-8-19)5-4-14(16(12)13)18(20)23/h1-5,21H,6-11H2. The van der Waals surface area contributed by atoms with Crippen molar-refractivity contribution in [3.63, 3.8) is 0 Å². The second kappa shape index (κ2) is 5.89. The van der Waals surface area contributed by atoms with Crippen LogP contribution in [0, 0.1) is 0 Å². The van der Waals surface area contributed by atoms with Crippen molar-refractivity contribution in [2.45, 2.75) is 0 Å². The van der Waals surface area contributed by atoms with Gasteiger partial charge in [0, 0.05) is 40.7 Å². The molecule has 2 aliphatic heterocycles. The Hall–Kier alpha value is -2.44. The largest absolute Gasteiger partial charge is 0.395 e. The van der Waals surface area contributed by atoms with Gasteiger partial charge in [-0.25, -0.2) is 0 Å². The predicted octanol–water partition coefficient (Wildman–Crippen LogP) is 1.26. The van der Waals surface area contributed by atoms with E-state index < -0.39 is 0 Å². The Balaban J connectivity index is 1.90. The van der Waals surface area contributed by atoms with Crippen molar-refractivity contribution in [1.82, 2.24) is 4.90 Å². The van der Waals surface area contributed by atoms with Crippen LogP contribution < -0.4 is 4.90 Å². The number of carbonyl (C=O) groups excluding carboxylic acids is 2. The van der Waals surface area contributed by atoms with E-state index in [-0.39, 0.29) is 25.0 Å². The lowest BCUT2D eigenvalue weighted by Gasteiger charge is -2.32. The molecule has 1 saturated heterocycles. The molecule has 124 valence electrons. The number of amides is 2. The van der Waals surface area contributed by atoms with Crippen molar-refractivity contribution >= 4 is 28.3 Å². The van der Waals surface area contributed by atoms with Gasteiger partial charge in [0.05, 0.1) is 26.4 Å². The quantitative estimate of drug-likeness (QED) is 0.860. The third-order valence-corrected chi connectivity index (χ3v) is 4.64. The minimum absolute atomic E-state index is 0.0126. The summed E-state index contributed by atoms with van der Waals surface area (Å²) in [5.41, 5.74) is 2.06. The molecule has 0 bridgehead atoms. The summed E-state index contributed by atoms with van der Waals surface area (Å²) >= 11 is 0. The number of ether oxygens (including phenoxy) is 1. The number of β-amino-alcohol motifs (C(OH)–C–C–N with tert-alkyl or cyclic N) is 1. The summed E-state index contributed by atoms with van der Waals surface area (Å²) in [4.78, 5) is 28.6. The van der Waals surface area contributed by atoms with Crippen molar-refractivity contribution in [2.75, 3.05) is 44.4 Å². The first-order valence-corrected chi connectivity index (χ1v) is 8.08. The van der Waals surface area contributed by atoms with Gasteiger partial charge in [-0.1, -0.05) is 12.1 Å². The number of aliphatic hydroxyl groups is 1. The van der Waals surface area contributed by atoms with Crippen LogP contribution in [0.2, 0.25) is 0 Å². The molecule has 0 unspecified atom stereocenters. The van der Waals surface area contributed by atoms with Crippen molar-refractivity contribution in [3.05, 3.63) is 41.5 Å². The second-order valence-electron chi connectivity index (χ2n) is 5.95. The maximum atomic E-state index is 12.7. The van der Waals surface area contributed by atoms with Crippen LogP contribution in [-0.2, 0) is 4.74 Å². The zero-order chi connectivity index (χ0) is 16.7. The summed E-state index contributed by atoms with van der Waals surface area (Å²) in [7, 11) is 0. The highest BCUT2D eigenvalue weighted by atomic mass is 16.5. The maximum absolute atomic E-state index is 12.7. The molecule has 0 saturated carbocycles. The van der Waals surface area contributed by atoms with Gasteiger partial charge in [0.25, 0.3) is 11.8 Å². The van der Waals surface area contributed by atoms with Crippen molar-refractivity contribution < 1.29 is 19.4 Å². The minimum Gasteiger partial charge on any atom is -0.395 e. The van der Waals surface area contributed by atoms with Crippen LogP contribution in [0.5, 0.6) is 0 Å². The first-order valence-electron chi connectivity index (χ1n) is 8.08. The molecule has 0 aromatic heterocycles. The summed E-state index contributed by atoms with van der Waals surface area (Å²) < 4.78 is 5.41. The average Bonchev–Trinajstić information content (AvgIpc) is 2.63. The van der Waals surface area contributed by atoms with Gasteiger partial charge in [0.2, 0.25) is 0 Å². The van der Waals surface area contributed by atoms with Gasteiger partial charge in [-0.3, -0.25) is 14.5 Å². The van der Waals surface area contributed by atoms with E-state index in [0.29, 0.717) is 29.7 Å². The SMILES string of the molecule is O=C1c2cccc3c(N4CCOCC4)ccc(c23)C(=O)N1CCO. The molecule has 0 spiro atoms. The third kappa shape index (κ3) is 2.18. The number of nitrogens with zero attached hydrogens (tertiary/aromatic N) is 2. The normalized spacial score (nSPS) is 17.7. The minimum atomic E-state index is -0.341. The lowest BCUT2D eigenvalue weighted by molar-refractivity contribution is 0.0580. The van der Waals surface area contributed by atoms with Gasteiger partial charge in [0.15, 0.2) is 0 Å². The molecule has 1 N–H and O–H groups in total. The number of hydrogen-bond acceptors (Lipinski definition) is 5. The van der Waals surface area contributed by atoms with E-state index in [1.165, 1.54) is 0 Å². The Morgan fingerprint density at radius 3 is 2.42 bits per heavy atom. The topological polar surface area (TPSA) is 70.1 Å². The molecular weight excluding hydrogens is 308 g/mol. The van der Waals surface area contributed by atoms with Crippen molar-refractivity contribution in [3.8, 4) is 0 Å². The number of aliphatic hydroxyl groups excluding tert-OH is 1. The molecule has 2 aliphatic rings. The summed E-state index contributed by atoms with van der Waals surface area (Å²) in [5.74, 6) is -0.683. The van der Waals surface area contributed by atoms with Gasteiger partial charge in [-0.15, -0.1) is 0 Å². The van der Waals surface area contributed by atoms with E-state index in [4.69, 9.17) is 9.84 Å². The Kier molecular flexibility index (Phi) is 3.70. The van der Waals surface area contributed by atoms with Crippen molar-refractivity contribution in [1.29, 1.82) is 0 Å². The van der Waals surface area contributed by atoms with Crippen LogP contribution in [0.3, 0.4) is 0 Å². The van der Waals surface area contributed by atoms with E-state index in [0.717, 1.165) is 29.1 Å². The highest BCUT2D eigenvalue weighted by molar-refractivity contribution is 6.26. The first kappa shape index (κ1) is 15.1. The molecular formula is C18H18N2O4. The molecule has 1 fully saturated rings. The number of imide groups is 1. The Morgan fingerprint density at radius 2 is 1.71 bits per heavy atom. The van der Waals surface area contributed by atoms with Gasteiger partial charge < -0.3 is 14.7 Å². The number of carbonyl (C=O) groups is 2. The molecule has 2 amide bonds. The van der Waals surface area contributed by atoms with Gasteiger partial charge in [-0.05, 0) is 18.2 Å². The third-order valence-electron chi connectivity index (χ3n) is 4.64. The summed E-state index contributed by atoms with van der Waals surface area (Å²) in [6.07, 6.45) is 0. The van der Waals surface area contributed by atoms with E-state index >= 15 is 0 Å². The molecule has 4 rings (SSSR count). The zero-order valence-corrected chi connectivity index (χ0v) is 13.2. The lowest BCUT2D eigenvalue weighted by Crippen LogP contribution is -2.42. The molecule has 24 heavy (non-hydrogen) atoms. The second-order valence-corrected chi connectivity index (χ2v) is 5.95. The van der Waals surface area contributed by atoms with Crippen LogP contribution in [-0.4, -0.2) is 61.3 Å². The highest BCUT2D eigenvalue weighted by Gasteiger charge is 2.33. The smallest absolute Gasteiger partial charge is 0.261 e. The van der Waals surface area contributed by atoms with Crippen LogP contribution in [0.1, 0.15) is 20.7 Å². The molecule has 2 heterocycles. The Bertz CT molecular complexity index is 805. The van der Waals surface area contributed by atoms with Gasteiger partial charge in [-0.2, -0.15) is 0 Å². The van der Waals surface area contributed by atoms with Crippen LogP contribution in [0.4, 0.5) is 5.69 Å². The first-order chi connectivity index (χ1) is 11.7. The summed E-state index contributed by atoms with van der Waals surface area (Å²) in [6.45, 7) is 2.69. The van der Waals surface area contributed by atoms with E-state index in [2.05, 4.69) is 4.90 Å². The maximum Gasteiger partial charge on any atom is 0.261 e. The zero-order valence-electron chi connectivity index (χ0n) is 13.2. The molecule has 2 aromatic rings. The monoisotopic (exact) mass is 326 g/mol. The Labute approximate surface area is 139 Å². The molecule has 0 atom stereocenters. The predicted molar refractivity (Wildman–Crippen MR) is 89.4 cm³/mol. The number of morpholine rings is 1. The average molecular weight is 326 g/mol. The fourth-order valence-electron chi connectivity index (χ4n) is 3.51. The molecule has 6 nitrogen and oxygen atoms in total. The number of rotatable bonds is 3. The van der Waals surface area contributed by atoms with Crippen LogP contribution >= 0.6 is 0 Å². The fourth-order valence-corrected chi connectivity index (χ4v) is 3.51. The van der Waals surface area contributed by atoms with Crippen LogP contribution in [0.15, 0.2) is 30.3 Å². The molecule has 0 aliphatic carbocycles. The molecule has 2 aromatic carbocycles.